The minimum Gasteiger partial charge on any atom is -0.475 e. The molecule has 0 unspecified atom stereocenters. The predicted octanol–water partition coefficient (Wildman–Crippen LogP) is 1.73. The monoisotopic (exact) mass is 459 g/mol. The molecule has 0 aromatic carbocycles. The van der Waals surface area contributed by atoms with Crippen LogP contribution >= 0.6 is 11.3 Å². The van der Waals surface area contributed by atoms with Crippen molar-refractivity contribution >= 4 is 23.2 Å². The summed E-state index contributed by atoms with van der Waals surface area (Å²) in [5, 5.41) is 13.3. The zero-order valence-electron chi connectivity index (χ0n) is 16.2. The molecule has 2 N–H and O–H groups in total. The lowest BCUT2D eigenvalue weighted by molar-refractivity contribution is -0.192. The summed E-state index contributed by atoms with van der Waals surface area (Å²) in [5.41, 5.74) is 0.336. The number of alkyl halides is 3. The number of carbonyl (C=O) groups excluding carboxylic acids is 1. The van der Waals surface area contributed by atoms with Crippen LogP contribution in [0.1, 0.15) is 28.3 Å². The number of ether oxygens (including phenoxy) is 1. The second-order valence-corrected chi connectivity index (χ2v) is 7.85. The van der Waals surface area contributed by atoms with Crippen molar-refractivity contribution < 1.29 is 32.6 Å². The zero-order chi connectivity index (χ0) is 22.4. The van der Waals surface area contributed by atoms with Crippen LogP contribution in [0.3, 0.4) is 0 Å². The maximum atomic E-state index is 12.4. The summed E-state index contributed by atoms with van der Waals surface area (Å²) >= 11 is 1.66. The second kappa shape index (κ2) is 10.1. The van der Waals surface area contributed by atoms with Gasteiger partial charge in [-0.25, -0.2) is 14.8 Å². The molecule has 4 heterocycles. The minimum atomic E-state index is -5.08. The van der Waals surface area contributed by atoms with Crippen molar-refractivity contribution in [3.05, 3.63) is 40.9 Å². The molecule has 2 aliphatic heterocycles. The molecule has 0 aliphatic carbocycles. The summed E-state index contributed by atoms with van der Waals surface area (Å²) in [4.78, 5) is 36.1. The van der Waals surface area contributed by atoms with Gasteiger partial charge in [-0.2, -0.15) is 13.2 Å². The molecule has 3 atom stereocenters. The van der Waals surface area contributed by atoms with E-state index in [2.05, 4.69) is 25.2 Å². The Hall–Kier alpha value is -2.64. The van der Waals surface area contributed by atoms with Gasteiger partial charge in [0.1, 0.15) is 10.7 Å². The fraction of sp³-hybridized carbons (Fsp3) is 0.500. The van der Waals surface area contributed by atoms with Gasteiger partial charge < -0.3 is 15.2 Å². The van der Waals surface area contributed by atoms with Crippen molar-refractivity contribution in [2.75, 3.05) is 13.2 Å². The highest BCUT2D eigenvalue weighted by atomic mass is 32.1. The average molecular weight is 459 g/mol. The Bertz CT molecular complexity index is 869. The van der Waals surface area contributed by atoms with Crippen LogP contribution in [0.5, 0.6) is 0 Å². The lowest BCUT2D eigenvalue weighted by Crippen LogP contribution is -2.47. The Morgan fingerprint density at radius 1 is 1.29 bits per heavy atom. The minimum absolute atomic E-state index is 0.0272. The van der Waals surface area contributed by atoms with Crippen molar-refractivity contribution in [2.45, 2.75) is 43.8 Å². The van der Waals surface area contributed by atoms with Crippen molar-refractivity contribution in [2.24, 2.45) is 0 Å². The Balaban J connectivity index is 0.000000339. The summed E-state index contributed by atoms with van der Waals surface area (Å²) in [6.07, 6.45) is 3.49. The highest BCUT2D eigenvalue weighted by molar-refractivity contribution is 7.09. The highest BCUT2D eigenvalue weighted by Gasteiger charge is 2.44. The molecule has 0 saturated carbocycles. The fourth-order valence-electron chi connectivity index (χ4n) is 3.53. The number of rotatable bonds is 4. The van der Waals surface area contributed by atoms with Gasteiger partial charge in [-0.3, -0.25) is 14.7 Å². The van der Waals surface area contributed by atoms with Crippen LogP contribution in [-0.4, -0.2) is 74.4 Å². The van der Waals surface area contributed by atoms with E-state index >= 15 is 0 Å². The molecule has 0 radical (unpaired) electrons. The number of nitrogens with one attached hydrogen (secondary N) is 1. The van der Waals surface area contributed by atoms with E-state index in [-0.39, 0.29) is 18.1 Å². The Labute approximate surface area is 179 Å². The van der Waals surface area contributed by atoms with Gasteiger partial charge in [0.15, 0.2) is 0 Å². The number of carboxylic acids is 1. The SMILES string of the molecule is O=C(N[C@@H]1CN(Cc2nccs2)[C@@H]2CCCO[C@@H]21)c1cnccn1.O=C(O)C(F)(F)F. The molecule has 168 valence electrons. The number of fused-ring (bicyclic) bond motifs is 1. The quantitative estimate of drug-likeness (QED) is 0.710. The number of carbonyl (C=O) groups is 2. The molecule has 0 bridgehead atoms. The van der Waals surface area contributed by atoms with Crippen LogP contribution in [0, 0.1) is 0 Å². The molecule has 2 aromatic heterocycles. The smallest absolute Gasteiger partial charge is 0.475 e. The van der Waals surface area contributed by atoms with Crippen LogP contribution < -0.4 is 5.32 Å². The third-order valence-electron chi connectivity index (χ3n) is 4.81. The van der Waals surface area contributed by atoms with Crippen LogP contribution in [0.25, 0.3) is 0 Å². The van der Waals surface area contributed by atoms with Gasteiger partial charge in [0.25, 0.3) is 5.91 Å². The first-order valence-electron chi connectivity index (χ1n) is 9.36. The number of amides is 1. The highest BCUT2D eigenvalue weighted by Crippen LogP contribution is 2.30. The number of aliphatic carboxylic acids is 1. The van der Waals surface area contributed by atoms with E-state index in [0.717, 1.165) is 37.5 Å². The number of nitrogens with zero attached hydrogens (tertiary/aromatic N) is 4. The largest absolute Gasteiger partial charge is 0.490 e. The summed E-state index contributed by atoms with van der Waals surface area (Å²) < 4.78 is 37.7. The van der Waals surface area contributed by atoms with Gasteiger partial charge in [0.05, 0.1) is 24.9 Å². The van der Waals surface area contributed by atoms with Crippen molar-refractivity contribution in [3.8, 4) is 0 Å². The first-order chi connectivity index (χ1) is 14.8. The maximum absolute atomic E-state index is 12.4. The molecule has 1 amide bonds. The van der Waals surface area contributed by atoms with Crippen LogP contribution in [0.15, 0.2) is 30.2 Å². The van der Waals surface area contributed by atoms with Crippen LogP contribution in [0.2, 0.25) is 0 Å². The average Bonchev–Trinajstić information content (AvgIpc) is 3.37. The van der Waals surface area contributed by atoms with Gasteiger partial charge in [-0.05, 0) is 12.8 Å². The molecule has 2 fully saturated rings. The van der Waals surface area contributed by atoms with Gasteiger partial charge in [0, 0.05) is 43.2 Å². The Morgan fingerprint density at radius 3 is 2.68 bits per heavy atom. The number of hydrogen-bond donors (Lipinski definition) is 2. The number of thiazole rings is 1. The molecule has 31 heavy (non-hydrogen) atoms. The van der Waals surface area contributed by atoms with E-state index in [0.29, 0.717) is 11.7 Å². The maximum Gasteiger partial charge on any atom is 0.490 e. The van der Waals surface area contributed by atoms with Gasteiger partial charge in [0.2, 0.25) is 0 Å². The van der Waals surface area contributed by atoms with Gasteiger partial charge in [-0.1, -0.05) is 0 Å². The molecule has 2 aliphatic rings. The summed E-state index contributed by atoms with van der Waals surface area (Å²) in [6.45, 7) is 2.32. The molecule has 0 spiro atoms. The van der Waals surface area contributed by atoms with E-state index < -0.39 is 12.1 Å². The lowest BCUT2D eigenvalue weighted by Gasteiger charge is -2.32. The summed E-state index contributed by atoms with van der Waals surface area (Å²) in [5.74, 6) is -2.95. The van der Waals surface area contributed by atoms with Crippen LogP contribution in [0.4, 0.5) is 13.2 Å². The molecule has 13 heteroatoms. The molecule has 9 nitrogen and oxygen atoms in total. The second-order valence-electron chi connectivity index (χ2n) is 6.87. The number of aromatic nitrogens is 3. The summed E-state index contributed by atoms with van der Waals surface area (Å²) in [6, 6.07) is 0.291. The van der Waals surface area contributed by atoms with Gasteiger partial charge in [-0.15, -0.1) is 11.3 Å². The predicted molar refractivity (Wildman–Crippen MR) is 102 cm³/mol. The van der Waals surface area contributed by atoms with E-state index in [9.17, 15) is 18.0 Å². The fourth-order valence-corrected chi connectivity index (χ4v) is 4.17. The van der Waals surface area contributed by atoms with Gasteiger partial charge >= 0.3 is 12.1 Å². The molecule has 2 saturated heterocycles. The normalized spacial score (nSPS) is 23.4. The van der Waals surface area contributed by atoms with E-state index in [4.69, 9.17) is 14.6 Å². The van der Waals surface area contributed by atoms with E-state index in [1.54, 1.807) is 17.5 Å². The number of likely N-dealkylation sites (tertiary alicyclic amines) is 1. The summed E-state index contributed by atoms with van der Waals surface area (Å²) in [7, 11) is 0. The van der Waals surface area contributed by atoms with Crippen molar-refractivity contribution in [1.82, 2.24) is 25.2 Å². The third-order valence-corrected chi connectivity index (χ3v) is 5.57. The van der Waals surface area contributed by atoms with E-state index in [1.165, 1.54) is 12.4 Å². The number of carboxylic acid groups (broad SMARTS) is 1. The molecule has 2 aromatic rings. The first kappa shape index (κ1) is 23.0. The Kier molecular flexibility index (Phi) is 7.51. The standard InChI is InChI=1S/C16H19N5O2S.C2HF3O2/c22-16(11-8-17-3-4-18-11)20-12-9-21(10-14-19-5-7-24-14)13-2-1-6-23-15(12)13;3-2(4,5)1(6)7/h3-5,7-8,12-13,15H,1-2,6,9-10H2,(H,20,22);(H,6,7)/t12-,13-,15-;/m1./s1. The van der Waals surface area contributed by atoms with Crippen LogP contribution in [-0.2, 0) is 16.1 Å². The zero-order valence-corrected chi connectivity index (χ0v) is 17.0. The first-order valence-corrected chi connectivity index (χ1v) is 10.2. The van der Waals surface area contributed by atoms with Crippen molar-refractivity contribution in [1.29, 1.82) is 0 Å². The Morgan fingerprint density at radius 2 is 2.06 bits per heavy atom. The third kappa shape index (κ3) is 6.18. The van der Waals surface area contributed by atoms with Crippen molar-refractivity contribution in [3.63, 3.8) is 0 Å². The van der Waals surface area contributed by atoms with E-state index in [1.807, 2.05) is 11.6 Å². The lowest BCUT2D eigenvalue weighted by atomic mass is 10.0. The molecular weight excluding hydrogens is 439 g/mol. The number of halogens is 3. The molecule has 4 rings (SSSR count). The number of hydrogen-bond acceptors (Lipinski definition) is 8. The molecular formula is C18H20F3N5O4S. The topological polar surface area (TPSA) is 118 Å².